The van der Waals surface area contributed by atoms with Crippen LogP contribution in [0.25, 0.3) is 0 Å². The van der Waals surface area contributed by atoms with Crippen LogP contribution in [0.3, 0.4) is 0 Å². The predicted octanol–water partition coefficient (Wildman–Crippen LogP) is 1.24. The van der Waals surface area contributed by atoms with E-state index in [9.17, 15) is 4.79 Å². The molecule has 100 valence electrons. The van der Waals surface area contributed by atoms with Crippen LogP contribution >= 0.6 is 0 Å². The van der Waals surface area contributed by atoms with Crippen LogP contribution in [0.2, 0.25) is 0 Å². The summed E-state index contributed by atoms with van der Waals surface area (Å²) in [6.07, 6.45) is 1.33. The van der Waals surface area contributed by atoms with Crippen molar-refractivity contribution in [3.63, 3.8) is 0 Å². The Labute approximate surface area is 107 Å². The highest BCUT2D eigenvalue weighted by molar-refractivity contribution is 5.88. The highest BCUT2D eigenvalue weighted by atomic mass is 16.4. The van der Waals surface area contributed by atoms with Crippen LogP contribution in [0.1, 0.15) is 29.9 Å². The summed E-state index contributed by atoms with van der Waals surface area (Å²) in [6.45, 7) is 7.52. The van der Waals surface area contributed by atoms with Gasteiger partial charge in [0.25, 0.3) is 0 Å². The number of aromatic carboxylic acids is 1. The minimum atomic E-state index is -1.00. The van der Waals surface area contributed by atoms with Gasteiger partial charge < -0.3 is 15.3 Å². The highest BCUT2D eigenvalue weighted by Gasteiger charge is 2.09. The van der Waals surface area contributed by atoms with Gasteiger partial charge in [-0.3, -0.25) is 0 Å². The number of rotatable bonds is 6. The molecule has 0 spiro atoms. The molecule has 1 aromatic heterocycles. The van der Waals surface area contributed by atoms with Gasteiger partial charge in [-0.05, 0) is 27.8 Å². The largest absolute Gasteiger partial charge is 0.478 e. The van der Waals surface area contributed by atoms with E-state index in [4.69, 9.17) is 5.11 Å². The summed E-state index contributed by atoms with van der Waals surface area (Å²) in [7, 11) is 2.05. The predicted molar refractivity (Wildman–Crippen MR) is 70.0 cm³/mol. The van der Waals surface area contributed by atoms with Crippen LogP contribution in [-0.2, 0) is 0 Å². The molecule has 0 aromatic carbocycles. The molecule has 6 heteroatoms. The number of anilines is 1. The van der Waals surface area contributed by atoms with Crippen molar-refractivity contribution in [2.75, 3.05) is 25.5 Å². The number of carboxylic acid groups (broad SMARTS) is 1. The van der Waals surface area contributed by atoms with Crippen LogP contribution in [0.5, 0.6) is 0 Å². The Morgan fingerprint density at radius 3 is 2.72 bits per heavy atom. The van der Waals surface area contributed by atoms with Crippen molar-refractivity contribution in [3.05, 3.63) is 17.5 Å². The minimum Gasteiger partial charge on any atom is -0.478 e. The lowest BCUT2D eigenvalue weighted by Gasteiger charge is -2.20. The van der Waals surface area contributed by atoms with Crippen molar-refractivity contribution in [1.29, 1.82) is 0 Å². The van der Waals surface area contributed by atoms with Gasteiger partial charge in [-0.25, -0.2) is 14.8 Å². The fraction of sp³-hybridized carbons (Fsp3) is 0.583. The summed E-state index contributed by atoms with van der Waals surface area (Å²) in [4.78, 5) is 21.1. The number of hydrogen-bond acceptors (Lipinski definition) is 5. The molecule has 0 saturated carbocycles. The monoisotopic (exact) mass is 252 g/mol. The molecule has 0 radical (unpaired) electrons. The van der Waals surface area contributed by atoms with Crippen molar-refractivity contribution in [2.45, 2.75) is 26.8 Å². The summed E-state index contributed by atoms with van der Waals surface area (Å²) < 4.78 is 0. The lowest BCUT2D eigenvalue weighted by molar-refractivity contribution is 0.0695. The number of likely N-dealkylation sites (N-methyl/N-ethyl adjacent to an activating group) is 1. The lowest BCUT2D eigenvalue weighted by Crippen LogP contribution is -2.31. The van der Waals surface area contributed by atoms with E-state index in [0.29, 0.717) is 17.7 Å². The first-order chi connectivity index (χ1) is 8.41. The maximum atomic E-state index is 10.8. The zero-order valence-electron chi connectivity index (χ0n) is 11.3. The fourth-order valence-corrected chi connectivity index (χ4v) is 1.36. The molecule has 2 N–H and O–H groups in total. The molecule has 0 atom stereocenters. The van der Waals surface area contributed by atoms with Gasteiger partial charge in [-0.2, -0.15) is 0 Å². The third-order valence-corrected chi connectivity index (χ3v) is 2.84. The van der Waals surface area contributed by atoms with Gasteiger partial charge in [0.1, 0.15) is 0 Å². The first-order valence-electron chi connectivity index (χ1n) is 5.93. The maximum Gasteiger partial charge on any atom is 0.339 e. The van der Waals surface area contributed by atoms with Crippen LogP contribution in [-0.4, -0.2) is 52.1 Å². The summed E-state index contributed by atoms with van der Waals surface area (Å²) in [6, 6.07) is 0.490. The Balaban J connectivity index is 2.54. The normalized spacial score (nSPS) is 11.0. The van der Waals surface area contributed by atoms with Crippen molar-refractivity contribution >= 4 is 11.9 Å². The number of carbonyl (C=O) groups is 1. The molecule has 0 aliphatic heterocycles. The molecular weight excluding hydrogens is 232 g/mol. The molecule has 0 aliphatic carbocycles. The molecule has 1 heterocycles. The third-order valence-electron chi connectivity index (χ3n) is 2.84. The minimum absolute atomic E-state index is 0.139. The van der Waals surface area contributed by atoms with E-state index < -0.39 is 5.97 Å². The van der Waals surface area contributed by atoms with Gasteiger partial charge >= 0.3 is 5.97 Å². The molecule has 0 bridgehead atoms. The second-order valence-corrected chi connectivity index (χ2v) is 4.50. The van der Waals surface area contributed by atoms with E-state index in [1.165, 1.54) is 6.20 Å². The summed E-state index contributed by atoms with van der Waals surface area (Å²) >= 11 is 0. The number of nitrogens with one attached hydrogen (secondary N) is 1. The first kappa shape index (κ1) is 14.4. The Kier molecular flexibility index (Phi) is 5.03. The standard InChI is InChI=1S/C12H20N4O2/c1-8(2)16(4)6-5-13-12-14-7-10(11(17)18)9(3)15-12/h7-8H,5-6H2,1-4H3,(H,17,18)(H,13,14,15). The van der Waals surface area contributed by atoms with Gasteiger partial charge in [-0.15, -0.1) is 0 Å². The van der Waals surface area contributed by atoms with Crippen LogP contribution in [0.15, 0.2) is 6.20 Å². The van der Waals surface area contributed by atoms with Crippen LogP contribution in [0.4, 0.5) is 5.95 Å². The Morgan fingerprint density at radius 2 is 2.22 bits per heavy atom. The Hall–Kier alpha value is -1.69. The van der Waals surface area contributed by atoms with Crippen molar-refractivity contribution in [1.82, 2.24) is 14.9 Å². The smallest absolute Gasteiger partial charge is 0.339 e. The van der Waals surface area contributed by atoms with E-state index >= 15 is 0 Å². The summed E-state index contributed by atoms with van der Waals surface area (Å²) in [5.74, 6) is -0.534. The number of aryl methyl sites for hydroxylation is 1. The Bertz CT molecular complexity index is 421. The van der Waals surface area contributed by atoms with Gasteiger partial charge in [0.05, 0.1) is 11.3 Å². The fourth-order valence-electron chi connectivity index (χ4n) is 1.36. The summed E-state index contributed by atoms with van der Waals surface area (Å²) in [5.41, 5.74) is 0.608. The third kappa shape index (κ3) is 3.96. The second kappa shape index (κ2) is 6.30. The van der Waals surface area contributed by atoms with Crippen molar-refractivity contribution in [2.24, 2.45) is 0 Å². The number of nitrogens with zero attached hydrogens (tertiary/aromatic N) is 3. The van der Waals surface area contributed by atoms with E-state index in [-0.39, 0.29) is 5.56 Å². The molecular formula is C12H20N4O2. The molecule has 18 heavy (non-hydrogen) atoms. The summed E-state index contributed by atoms with van der Waals surface area (Å²) in [5, 5.41) is 11.9. The Morgan fingerprint density at radius 1 is 1.56 bits per heavy atom. The van der Waals surface area contributed by atoms with Crippen LogP contribution < -0.4 is 5.32 Å². The van der Waals surface area contributed by atoms with Gasteiger partial charge in [0.15, 0.2) is 0 Å². The maximum absolute atomic E-state index is 10.8. The molecule has 0 unspecified atom stereocenters. The lowest BCUT2D eigenvalue weighted by atomic mass is 10.2. The zero-order chi connectivity index (χ0) is 13.7. The van der Waals surface area contributed by atoms with E-state index in [0.717, 1.165) is 13.1 Å². The molecule has 1 rings (SSSR count). The molecule has 0 fully saturated rings. The highest BCUT2D eigenvalue weighted by Crippen LogP contribution is 2.06. The van der Waals surface area contributed by atoms with Gasteiger partial charge in [-0.1, -0.05) is 0 Å². The first-order valence-corrected chi connectivity index (χ1v) is 5.93. The number of aromatic nitrogens is 2. The second-order valence-electron chi connectivity index (χ2n) is 4.50. The quantitative estimate of drug-likeness (QED) is 0.793. The van der Waals surface area contributed by atoms with E-state index in [1.807, 2.05) is 7.05 Å². The molecule has 0 aliphatic rings. The van der Waals surface area contributed by atoms with Gasteiger partial charge in [0, 0.05) is 25.3 Å². The number of carboxylic acids is 1. The molecule has 6 nitrogen and oxygen atoms in total. The molecule has 1 aromatic rings. The van der Waals surface area contributed by atoms with Crippen molar-refractivity contribution < 1.29 is 9.90 Å². The number of hydrogen-bond donors (Lipinski definition) is 2. The average molecular weight is 252 g/mol. The van der Waals surface area contributed by atoms with Crippen molar-refractivity contribution in [3.8, 4) is 0 Å². The van der Waals surface area contributed by atoms with E-state index in [1.54, 1.807) is 6.92 Å². The molecule has 0 amide bonds. The topological polar surface area (TPSA) is 78.4 Å². The SMILES string of the molecule is Cc1nc(NCCN(C)C(C)C)ncc1C(=O)O. The average Bonchev–Trinajstić information content (AvgIpc) is 2.28. The van der Waals surface area contributed by atoms with E-state index in [2.05, 4.69) is 34.0 Å². The van der Waals surface area contributed by atoms with Crippen LogP contribution in [0, 0.1) is 6.92 Å². The van der Waals surface area contributed by atoms with Gasteiger partial charge in [0.2, 0.25) is 5.95 Å². The molecule has 0 saturated heterocycles. The zero-order valence-corrected chi connectivity index (χ0v) is 11.3.